The smallest absolute Gasteiger partial charge is 0.353 e. The molecule has 3 atom stereocenters. The predicted molar refractivity (Wildman–Crippen MR) is 85.7 cm³/mol. The van der Waals surface area contributed by atoms with Gasteiger partial charge >= 0.3 is 5.97 Å². The van der Waals surface area contributed by atoms with Crippen LogP contribution in [0.15, 0.2) is 41.1 Å². The number of carbonyl (C=O) groups is 3. The van der Waals surface area contributed by atoms with Gasteiger partial charge in [-0.15, -0.1) is 0 Å². The van der Waals surface area contributed by atoms with Crippen LogP contribution in [0.25, 0.3) is 0 Å². The number of aliphatic carboxylic acids is 1. The zero-order valence-corrected chi connectivity index (χ0v) is 13.4. The Balaban J connectivity index is 1.80. The molecule has 0 radical (unpaired) electrons. The average Bonchev–Trinajstić information content (AvgIpc) is 2.56. The lowest BCUT2D eigenvalue weighted by molar-refractivity contribution is -0.150. The fourth-order valence-electron chi connectivity index (χ4n) is 3.03. The molecule has 1 saturated heterocycles. The minimum absolute atomic E-state index is 0.0552. The number of nitrogens with zero attached hydrogens (tertiary/aromatic N) is 1. The molecule has 24 heavy (non-hydrogen) atoms. The van der Waals surface area contributed by atoms with Crippen molar-refractivity contribution < 1.29 is 19.5 Å². The van der Waals surface area contributed by atoms with Crippen LogP contribution in [-0.4, -0.2) is 39.9 Å². The summed E-state index contributed by atoms with van der Waals surface area (Å²) in [6.45, 7) is 0. The molecule has 1 fully saturated rings. The zero-order chi connectivity index (χ0) is 17.4. The van der Waals surface area contributed by atoms with Crippen molar-refractivity contribution in [2.75, 3.05) is 0 Å². The van der Waals surface area contributed by atoms with E-state index in [-0.39, 0.29) is 29.1 Å². The molecule has 7 nitrogen and oxygen atoms in total. The van der Waals surface area contributed by atoms with Gasteiger partial charge in [0.2, 0.25) is 11.8 Å². The Hall–Kier alpha value is -2.38. The summed E-state index contributed by atoms with van der Waals surface area (Å²) < 4.78 is 0. The number of hydrogen-bond donors (Lipinski definition) is 3. The number of carbonyl (C=O) groups excluding carboxylic acids is 2. The predicted octanol–water partition coefficient (Wildman–Crippen LogP) is 0.711. The molecule has 2 aliphatic heterocycles. The number of benzene rings is 1. The van der Waals surface area contributed by atoms with Crippen LogP contribution >= 0.6 is 11.6 Å². The Bertz CT molecular complexity index is 734. The molecule has 2 aliphatic rings. The van der Waals surface area contributed by atoms with Crippen LogP contribution in [0, 0.1) is 0 Å². The van der Waals surface area contributed by atoms with Crippen molar-refractivity contribution in [1.29, 1.82) is 0 Å². The quantitative estimate of drug-likeness (QED) is 0.693. The van der Waals surface area contributed by atoms with E-state index >= 15 is 0 Å². The third kappa shape index (κ3) is 2.76. The minimum atomic E-state index is -1.29. The fourth-order valence-corrected chi connectivity index (χ4v) is 3.35. The lowest BCUT2D eigenvalue weighted by Crippen LogP contribution is -2.59. The van der Waals surface area contributed by atoms with Gasteiger partial charge in [0, 0.05) is 12.5 Å². The maximum Gasteiger partial charge on any atom is 0.353 e. The van der Waals surface area contributed by atoms with E-state index < -0.39 is 24.0 Å². The van der Waals surface area contributed by atoms with Crippen LogP contribution in [0.3, 0.4) is 0 Å². The molecule has 0 spiro atoms. The van der Waals surface area contributed by atoms with Gasteiger partial charge in [-0.2, -0.15) is 0 Å². The Labute approximate surface area is 143 Å². The van der Waals surface area contributed by atoms with Crippen molar-refractivity contribution in [1.82, 2.24) is 10.2 Å². The van der Waals surface area contributed by atoms with Crippen LogP contribution in [0.2, 0.25) is 0 Å². The second-order valence-electron chi connectivity index (χ2n) is 5.81. The van der Waals surface area contributed by atoms with E-state index in [2.05, 4.69) is 5.32 Å². The number of carboxylic acid groups (broad SMARTS) is 1. The Kier molecular flexibility index (Phi) is 4.29. The highest BCUT2D eigenvalue weighted by molar-refractivity contribution is 6.33. The minimum Gasteiger partial charge on any atom is -0.477 e. The van der Waals surface area contributed by atoms with Crippen LogP contribution in [-0.2, 0) is 14.4 Å². The van der Waals surface area contributed by atoms with Gasteiger partial charge in [0.05, 0.1) is 11.1 Å². The highest BCUT2D eigenvalue weighted by atomic mass is 35.5. The number of fused-ring (bicyclic) bond motifs is 1. The molecule has 4 N–H and O–H groups in total. The first-order valence-corrected chi connectivity index (χ1v) is 7.84. The largest absolute Gasteiger partial charge is 0.477 e. The summed E-state index contributed by atoms with van der Waals surface area (Å²) in [5.74, 6) is -2.01. The Morgan fingerprint density at radius 2 is 2.00 bits per heavy atom. The molecular weight excluding hydrogens is 334 g/mol. The Morgan fingerprint density at radius 1 is 1.33 bits per heavy atom. The summed E-state index contributed by atoms with van der Waals surface area (Å²) in [7, 11) is 0. The number of halogens is 1. The first kappa shape index (κ1) is 16.5. The van der Waals surface area contributed by atoms with E-state index in [1.807, 2.05) is 6.07 Å². The molecule has 0 aromatic heterocycles. The second-order valence-corrected chi connectivity index (χ2v) is 6.22. The summed E-state index contributed by atoms with van der Waals surface area (Å²) in [4.78, 5) is 36.6. The molecule has 8 heteroatoms. The van der Waals surface area contributed by atoms with Crippen LogP contribution in [0.4, 0.5) is 0 Å². The van der Waals surface area contributed by atoms with E-state index in [9.17, 15) is 19.5 Å². The van der Waals surface area contributed by atoms with E-state index in [1.54, 1.807) is 24.3 Å². The van der Waals surface area contributed by atoms with Crippen molar-refractivity contribution in [3.05, 3.63) is 46.6 Å². The van der Waals surface area contributed by atoms with Gasteiger partial charge in [-0.1, -0.05) is 41.9 Å². The summed E-state index contributed by atoms with van der Waals surface area (Å²) >= 11 is 6.15. The monoisotopic (exact) mass is 349 g/mol. The van der Waals surface area contributed by atoms with Crippen molar-refractivity contribution in [3.63, 3.8) is 0 Å². The molecule has 0 bridgehead atoms. The topological polar surface area (TPSA) is 113 Å². The van der Waals surface area contributed by atoms with Crippen molar-refractivity contribution in [3.8, 4) is 0 Å². The van der Waals surface area contributed by atoms with Crippen LogP contribution in [0.1, 0.15) is 24.4 Å². The van der Waals surface area contributed by atoms with Gasteiger partial charge in [-0.3, -0.25) is 9.59 Å². The first-order valence-electron chi connectivity index (χ1n) is 7.46. The van der Waals surface area contributed by atoms with Crippen molar-refractivity contribution >= 4 is 29.4 Å². The summed E-state index contributed by atoms with van der Waals surface area (Å²) in [6.07, 6.45) is 0.618. The van der Waals surface area contributed by atoms with E-state index in [1.165, 1.54) is 4.90 Å². The molecular formula is C16H16ClN3O4. The lowest BCUT2D eigenvalue weighted by atomic mass is 9.88. The standard InChI is InChI=1S/C16H16ClN3O4/c17-12-10(6-9-7-11(21)20(9)14(12)16(23)24)19-15(22)13(18)8-4-2-1-3-5-8/h1-5,9-10,13H,6-7,18H2,(H,19,22)(H,23,24). The molecule has 0 saturated carbocycles. The van der Waals surface area contributed by atoms with Gasteiger partial charge < -0.3 is 21.1 Å². The number of hydrogen-bond acceptors (Lipinski definition) is 4. The molecule has 1 aromatic carbocycles. The number of β-lactam (4-membered cyclic amide) rings is 1. The third-order valence-corrected chi connectivity index (χ3v) is 4.73. The number of carboxylic acids is 1. The fraction of sp³-hybridized carbons (Fsp3) is 0.312. The highest BCUT2D eigenvalue weighted by Gasteiger charge is 2.48. The molecule has 3 rings (SSSR count). The van der Waals surface area contributed by atoms with E-state index in [0.717, 1.165) is 0 Å². The number of rotatable bonds is 4. The Morgan fingerprint density at radius 3 is 2.58 bits per heavy atom. The number of nitrogens with one attached hydrogen (secondary N) is 1. The molecule has 0 aliphatic carbocycles. The third-order valence-electron chi connectivity index (χ3n) is 4.29. The first-order chi connectivity index (χ1) is 11.4. The number of amides is 2. The summed E-state index contributed by atoms with van der Waals surface area (Å²) in [6, 6.07) is 7.02. The molecule has 3 unspecified atom stereocenters. The zero-order valence-electron chi connectivity index (χ0n) is 12.6. The summed E-state index contributed by atoms with van der Waals surface area (Å²) in [5, 5.41) is 12.0. The van der Waals surface area contributed by atoms with Gasteiger partial charge in [0.15, 0.2) is 0 Å². The highest BCUT2D eigenvalue weighted by Crippen LogP contribution is 2.38. The average molecular weight is 350 g/mol. The molecule has 2 heterocycles. The van der Waals surface area contributed by atoms with Crippen LogP contribution in [0.5, 0.6) is 0 Å². The molecule has 2 amide bonds. The van der Waals surface area contributed by atoms with Gasteiger partial charge in [-0.05, 0) is 12.0 Å². The van der Waals surface area contributed by atoms with Crippen LogP contribution < -0.4 is 11.1 Å². The van der Waals surface area contributed by atoms with Crippen molar-refractivity contribution in [2.24, 2.45) is 5.73 Å². The van der Waals surface area contributed by atoms with Gasteiger partial charge in [0.1, 0.15) is 11.7 Å². The molecule has 126 valence electrons. The summed E-state index contributed by atoms with van der Waals surface area (Å²) in [5.41, 5.74) is 6.32. The van der Waals surface area contributed by atoms with Gasteiger partial charge in [0.25, 0.3) is 0 Å². The SMILES string of the molecule is NC(C(=O)NC1CC2CC(=O)N2C(C(=O)O)=C1Cl)c1ccccc1. The normalized spacial score (nSPS) is 24.1. The van der Waals surface area contributed by atoms with Gasteiger partial charge in [-0.25, -0.2) is 4.79 Å². The van der Waals surface area contributed by atoms with Crippen molar-refractivity contribution in [2.45, 2.75) is 31.0 Å². The number of nitrogens with two attached hydrogens (primary N) is 1. The maximum absolute atomic E-state index is 12.4. The second kappa shape index (κ2) is 6.26. The van der Waals surface area contributed by atoms with E-state index in [0.29, 0.717) is 12.0 Å². The maximum atomic E-state index is 12.4. The lowest BCUT2D eigenvalue weighted by Gasteiger charge is -2.46. The molecule has 1 aromatic rings. The van der Waals surface area contributed by atoms with E-state index in [4.69, 9.17) is 17.3 Å².